The first-order chi connectivity index (χ1) is 16.2. The molecule has 1 atom stereocenters. The first-order valence-corrected chi connectivity index (χ1v) is 12.7. The molecule has 0 aromatic heterocycles. The third-order valence-corrected chi connectivity index (χ3v) is 7.99. The Morgan fingerprint density at radius 1 is 1.03 bits per heavy atom. The van der Waals surface area contributed by atoms with Crippen molar-refractivity contribution in [2.24, 2.45) is 11.8 Å². The van der Waals surface area contributed by atoms with Crippen molar-refractivity contribution in [2.45, 2.75) is 83.7 Å². The zero-order chi connectivity index (χ0) is 24.4. The highest BCUT2D eigenvalue weighted by atomic mass is 19.1. The van der Waals surface area contributed by atoms with E-state index in [1.807, 2.05) is 0 Å². The van der Waals surface area contributed by atoms with Gasteiger partial charge >= 0.3 is 0 Å². The van der Waals surface area contributed by atoms with Crippen molar-refractivity contribution in [2.75, 3.05) is 18.0 Å². The number of nitrogens with zero attached hydrogens (tertiary/aromatic N) is 2. The number of carbonyl (C=O) groups is 3. The zero-order valence-electron chi connectivity index (χ0n) is 20.5. The second-order valence-corrected chi connectivity index (χ2v) is 10.5. The van der Waals surface area contributed by atoms with Crippen LogP contribution in [0.25, 0.3) is 0 Å². The first kappa shape index (κ1) is 24.6. The summed E-state index contributed by atoms with van der Waals surface area (Å²) in [6.07, 6.45) is 6.72. The summed E-state index contributed by atoms with van der Waals surface area (Å²) in [6, 6.07) is 5.08. The Morgan fingerprint density at radius 2 is 1.71 bits per heavy atom. The van der Waals surface area contributed by atoms with E-state index in [0.29, 0.717) is 17.3 Å². The minimum Gasteiger partial charge on any atom is -0.308 e. The third kappa shape index (κ3) is 5.27. The number of anilines is 1. The van der Waals surface area contributed by atoms with Gasteiger partial charge in [-0.2, -0.15) is 0 Å². The Balaban J connectivity index is 1.41. The number of rotatable bonds is 5. The number of carbonyl (C=O) groups excluding carboxylic acids is 3. The smallest absolute Gasteiger partial charge is 0.239 e. The van der Waals surface area contributed by atoms with E-state index in [1.54, 1.807) is 11.0 Å². The Hall–Kier alpha value is -2.48. The highest BCUT2D eigenvalue weighted by Crippen LogP contribution is 2.43. The molecule has 2 aliphatic heterocycles. The molecule has 1 aliphatic carbocycles. The molecule has 3 aliphatic rings. The third-order valence-electron chi connectivity index (χ3n) is 7.99. The van der Waals surface area contributed by atoms with Crippen LogP contribution in [0.3, 0.4) is 0 Å². The van der Waals surface area contributed by atoms with Crippen LogP contribution in [0.15, 0.2) is 18.2 Å². The van der Waals surface area contributed by atoms with Crippen molar-refractivity contribution in [1.82, 2.24) is 15.8 Å². The van der Waals surface area contributed by atoms with E-state index in [1.165, 1.54) is 44.7 Å². The number of piperidine rings is 1. The molecule has 8 heteroatoms. The minimum atomic E-state index is -0.746. The van der Waals surface area contributed by atoms with Crippen molar-refractivity contribution in [3.63, 3.8) is 0 Å². The van der Waals surface area contributed by atoms with E-state index in [4.69, 9.17) is 0 Å². The zero-order valence-corrected chi connectivity index (χ0v) is 20.5. The second-order valence-electron chi connectivity index (χ2n) is 10.5. The number of benzene rings is 1. The predicted molar refractivity (Wildman–Crippen MR) is 128 cm³/mol. The number of hydrogen-bond donors (Lipinski definition) is 2. The van der Waals surface area contributed by atoms with E-state index >= 15 is 0 Å². The monoisotopic (exact) mass is 472 g/mol. The summed E-state index contributed by atoms with van der Waals surface area (Å²) < 4.78 is 14.1. The minimum absolute atomic E-state index is 0.0448. The van der Waals surface area contributed by atoms with E-state index in [-0.39, 0.29) is 18.4 Å². The van der Waals surface area contributed by atoms with E-state index < -0.39 is 23.5 Å². The fourth-order valence-corrected chi connectivity index (χ4v) is 6.05. The van der Waals surface area contributed by atoms with Gasteiger partial charge in [0.05, 0.1) is 5.92 Å². The molecule has 7 nitrogen and oxygen atoms in total. The van der Waals surface area contributed by atoms with Crippen LogP contribution in [-0.2, 0) is 14.4 Å². The summed E-state index contributed by atoms with van der Waals surface area (Å²) in [4.78, 5) is 41.2. The summed E-state index contributed by atoms with van der Waals surface area (Å²) in [7, 11) is 0. The van der Waals surface area contributed by atoms with Gasteiger partial charge in [-0.3, -0.25) is 25.2 Å². The molecule has 1 saturated carbocycles. The fraction of sp³-hybridized carbons (Fsp3) is 0.654. The van der Waals surface area contributed by atoms with Crippen LogP contribution in [0, 0.1) is 17.7 Å². The van der Waals surface area contributed by atoms with Crippen molar-refractivity contribution < 1.29 is 18.8 Å². The topological polar surface area (TPSA) is 81.8 Å². The van der Waals surface area contributed by atoms with Gasteiger partial charge in [-0.05, 0) is 74.1 Å². The molecule has 4 rings (SSSR count). The van der Waals surface area contributed by atoms with Crippen LogP contribution in [0.2, 0.25) is 0 Å². The van der Waals surface area contributed by atoms with E-state index in [0.717, 1.165) is 37.8 Å². The Morgan fingerprint density at radius 3 is 2.32 bits per heavy atom. The fourth-order valence-electron chi connectivity index (χ4n) is 6.05. The van der Waals surface area contributed by atoms with Gasteiger partial charge in [0.1, 0.15) is 5.82 Å². The van der Waals surface area contributed by atoms with Crippen LogP contribution in [-0.4, -0.2) is 47.8 Å². The first-order valence-electron chi connectivity index (χ1n) is 12.7. The van der Waals surface area contributed by atoms with Crippen molar-refractivity contribution >= 4 is 23.4 Å². The molecule has 3 amide bonds. The van der Waals surface area contributed by atoms with Crippen LogP contribution in [0.1, 0.15) is 77.2 Å². The number of hydrogen-bond acceptors (Lipinski definition) is 4. The lowest BCUT2D eigenvalue weighted by Crippen LogP contribution is -2.50. The molecule has 1 aromatic rings. The summed E-state index contributed by atoms with van der Waals surface area (Å²) >= 11 is 0. The SMILES string of the molecule is CC(=O)NNC(=O)CC1C(=O)N(C2CCN(C3CCC(C(C)C)CC3)CC2)c2ccc(F)cc21. The Labute approximate surface area is 201 Å². The van der Waals surface area contributed by atoms with E-state index in [9.17, 15) is 18.8 Å². The Kier molecular flexibility index (Phi) is 7.55. The molecule has 1 aromatic carbocycles. The maximum absolute atomic E-state index is 14.1. The van der Waals surface area contributed by atoms with Crippen molar-refractivity contribution in [1.29, 1.82) is 0 Å². The highest BCUT2D eigenvalue weighted by Gasteiger charge is 2.43. The summed E-state index contributed by atoms with van der Waals surface area (Å²) in [5, 5.41) is 0. The lowest BCUT2D eigenvalue weighted by Gasteiger charge is -2.43. The largest absolute Gasteiger partial charge is 0.308 e. The van der Waals surface area contributed by atoms with Gasteiger partial charge in [-0.15, -0.1) is 0 Å². The number of halogens is 1. The molecule has 2 fully saturated rings. The maximum atomic E-state index is 14.1. The van der Waals surface area contributed by atoms with Crippen LogP contribution in [0.4, 0.5) is 10.1 Å². The lowest BCUT2D eigenvalue weighted by atomic mass is 9.79. The molecule has 0 radical (unpaired) electrons. The summed E-state index contributed by atoms with van der Waals surface area (Å²) in [6.45, 7) is 7.84. The van der Waals surface area contributed by atoms with Crippen LogP contribution < -0.4 is 15.8 Å². The summed E-state index contributed by atoms with van der Waals surface area (Å²) in [5.74, 6) is -0.606. The average Bonchev–Trinajstić information content (AvgIpc) is 3.08. The Bertz CT molecular complexity index is 921. The number of likely N-dealkylation sites (tertiary alicyclic amines) is 1. The molecule has 2 N–H and O–H groups in total. The van der Waals surface area contributed by atoms with Gasteiger partial charge in [0.25, 0.3) is 0 Å². The number of hydrazine groups is 1. The van der Waals surface area contributed by atoms with Gasteiger partial charge in [0.15, 0.2) is 0 Å². The number of amides is 3. The quantitative estimate of drug-likeness (QED) is 0.643. The highest BCUT2D eigenvalue weighted by molar-refractivity contribution is 6.07. The normalized spacial score (nSPS) is 26.0. The predicted octanol–water partition coefficient (Wildman–Crippen LogP) is 3.49. The van der Waals surface area contributed by atoms with Crippen molar-refractivity contribution in [3.8, 4) is 0 Å². The molecular formula is C26H37FN4O3. The maximum Gasteiger partial charge on any atom is 0.239 e. The van der Waals surface area contributed by atoms with Crippen LogP contribution in [0.5, 0.6) is 0 Å². The second kappa shape index (κ2) is 10.4. The van der Waals surface area contributed by atoms with Gasteiger partial charge < -0.3 is 9.80 Å². The van der Waals surface area contributed by atoms with Crippen LogP contribution >= 0.6 is 0 Å². The molecule has 1 unspecified atom stereocenters. The van der Waals surface area contributed by atoms with Gasteiger partial charge in [0, 0.05) is 44.2 Å². The number of nitrogens with one attached hydrogen (secondary N) is 2. The standard InChI is InChI=1S/C26H37FN4O3/c1-16(2)18-4-7-20(8-5-18)30-12-10-21(11-13-30)31-24-9-6-19(27)14-22(24)23(26(31)34)15-25(33)29-28-17(3)32/h6,9,14,16,18,20-21,23H,4-5,7-8,10-13,15H2,1-3H3,(H,28,32)(H,29,33). The molecule has 1 saturated heterocycles. The van der Waals surface area contributed by atoms with Gasteiger partial charge in [-0.25, -0.2) is 4.39 Å². The molecular weight excluding hydrogens is 435 g/mol. The van der Waals surface area contributed by atoms with E-state index in [2.05, 4.69) is 29.6 Å². The molecule has 186 valence electrons. The van der Waals surface area contributed by atoms with Crippen molar-refractivity contribution in [3.05, 3.63) is 29.6 Å². The van der Waals surface area contributed by atoms with Gasteiger partial charge in [-0.1, -0.05) is 13.8 Å². The molecule has 0 spiro atoms. The average molecular weight is 473 g/mol. The molecule has 0 bridgehead atoms. The molecule has 34 heavy (non-hydrogen) atoms. The van der Waals surface area contributed by atoms with Gasteiger partial charge in [0.2, 0.25) is 17.7 Å². The lowest BCUT2D eigenvalue weighted by molar-refractivity contribution is -0.129. The summed E-state index contributed by atoms with van der Waals surface area (Å²) in [5.41, 5.74) is 5.82. The molecule has 2 heterocycles. The number of fused-ring (bicyclic) bond motifs is 1.